The summed E-state index contributed by atoms with van der Waals surface area (Å²) in [6.07, 6.45) is 3.79. The molecule has 2 aromatic rings. The van der Waals surface area contributed by atoms with Gasteiger partial charge in [0, 0.05) is 23.8 Å². The van der Waals surface area contributed by atoms with Gasteiger partial charge >= 0.3 is 0 Å². The smallest absolute Gasteiger partial charge is 0.0534 e. The van der Waals surface area contributed by atoms with Crippen LogP contribution in [0.15, 0.2) is 36.7 Å². The first-order valence-corrected chi connectivity index (χ1v) is 5.98. The molecular weight excluding hydrogens is 210 g/mol. The number of rotatable bonds is 4. The van der Waals surface area contributed by atoms with E-state index in [2.05, 4.69) is 60.6 Å². The summed E-state index contributed by atoms with van der Waals surface area (Å²) in [6.45, 7) is 6.44. The third-order valence-electron chi connectivity index (χ3n) is 3.10. The topological polar surface area (TPSA) is 40.7 Å². The number of nitrogens with zero attached hydrogens (tertiary/aromatic N) is 1. The molecule has 3 nitrogen and oxygen atoms in total. The molecule has 90 valence electrons. The molecule has 2 rings (SSSR count). The van der Waals surface area contributed by atoms with E-state index in [1.54, 1.807) is 0 Å². The normalized spacial score (nSPS) is 14.5. The molecular formula is C14H19N3. The zero-order valence-electron chi connectivity index (χ0n) is 10.6. The molecule has 0 aliphatic heterocycles. The minimum absolute atomic E-state index is 0.296. The van der Waals surface area contributed by atoms with Gasteiger partial charge in [-0.3, -0.25) is 5.10 Å². The molecule has 2 atom stereocenters. The minimum atomic E-state index is 0.296. The molecule has 0 spiro atoms. The van der Waals surface area contributed by atoms with Crippen LogP contribution < -0.4 is 5.32 Å². The average Bonchev–Trinajstić information content (AvgIpc) is 2.83. The number of H-pyrrole nitrogens is 1. The lowest BCUT2D eigenvalue weighted by molar-refractivity contribution is 0.495. The summed E-state index contributed by atoms with van der Waals surface area (Å²) >= 11 is 0. The maximum absolute atomic E-state index is 3.97. The van der Waals surface area contributed by atoms with Crippen molar-refractivity contribution in [2.24, 2.45) is 0 Å². The van der Waals surface area contributed by atoms with Crippen molar-refractivity contribution in [2.75, 3.05) is 0 Å². The maximum Gasteiger partial charge on any atom is 0.0534 e. The second-order valence-electron chi connectivity index (χ2n) is 4.55. The number of aryl methyl sites for hydroxylation is 1. The first kappa shape index (κ1) is 11.9. The van der Waals surface area contributed by atoms with E-state index < -0.39 is 0 Å². The summed E-state index contributed by atoms with van der Waals surface area (Å²) in [4.78, 5) is 0. The van der Waals surface area contributed by atoms with Gasteiger partial charge < -0.3 is 5.32 Å². The number of benzene rings is 1. The largest absolute Gasteiger partial charge is 0.304 e. The van der Waals surface area contributed by atoms with Gasteiger partial charge in [-0.15, -0.1) is 0 Å². The Morgan fingerprint density at radius 2 is 1.71 bits per heavy atom. The molecule has 0 bridgehead atoms. The van der Waals surface area contributed by atoms with Gasteiger partial charge in [0.15, 0.2) is 0 Å². The van der Waals surface area contributed by atoms with Crippen molar-refractivity contribution in [2.45, 2.75) is 32.9 Å². The molecule has 3 heteroatoms. The molecule has 2 unspecified atom stereocenters. The molecule has 1 aromatic heterocycles. The average molecular weight is 229 g/mol. The molecule has 0 aliphatic rings. The van der Waals surface area contributed by atoms with Crippen LogP contribution in [0.3, 0.4) is 0 Å². The first-order chi connectivity index (χ1) is 8.16. The molecule has 2 N–H and O–H groups in total. The lowest BCUT2D eigenvalue weighted by Crippen LogP contribution is -2.22. The van der Waals surface area contributed by atoms with Gasteiger partial charge in [-0.2, -0.15) is 5.10 Å². The monoisotopic (exact) mass is 229 g/mol. The molecule has 0 aliphatic carbocycles. The van der Waals surface area contributed by atoms with Crippen molar-refractivity contribution in [1.82, 2.24) is 15.5 Å². The standard InChI is InChI=1S/C14H19N3/c1-10-4-6-13(7-5-10)11(2)17-12(3)14-8-15-16-9-14/h4-9,11-12,17H,1-3H3,(H,15,16). The van der Waals surface area contributed by atoms with Crippen LogP contribution in [0.25, 0.3) is 0 Å². The van der Waals surface area contributed by atoms with Crippen molar-refractivity contribution >= 4 is 0 Å². The highest BCUT2D eigenvalue weighted by Crippen LogP contribution is 2.18. The Labute approximate surface area is 102 Å². The molecule has 0 radical (unpaired) electrons. The van der Waals surface area contributed by atoms with Gasteiger partial charge in [-0.25, -0.2) is 0 Å². The van der Waals surface area contributed by atoms with Crippen LogP contribution in [0, 0.1) is 6.92 Å². The van der Waals surface area contributed by atoms with Crippen molar-refractivity contribution < 1.29 is 0 Å². The summed E-state index contributed by atoms with van der Waals surface area (Å²) in [6, 6.07) is 9.28. The van der Waals surface area contributed by atoms with E-state index in [-0.39, 0.29) is 0 Å². The molecule has 0 amide bonds. The van der Waals surface area contributed by atoms with Crippen molar-refractivity contribution in [3.8, 4) is 0 Å². The summed E-state index contributed by atoms with van der Waals surface area (Å²) < 4.78 is 0. The molecule has 0 saturated heterocycles. The van der Waals surface area contributed by atoms with Crippen LogP contribution in [0.4, 0.5) is 0 Å². The predicted octanol–water partition coefficient (Wildman–Crippen LogP) is 3.13. The van der Waals surface area contributed by atoms with Crippen LogP contribution in [0.2, 0.25) is 0 Å². The Hall–Kier alpha value is -1.61. The van der Waals surface area contributed by atoms with Crippen LogP contribution >= 0.6 is 0 Å². The third-order valence-corrected chi connectivity index (χ3v) is 3.10. The van der Waals surface area contributed by atoms with Gasteiger partial charge in [0.05, 0.1) is 6.20 Å². The zero-order chi connectivity index (χ0) is 12.3. The Morgan fingerprint density at radius 1 is 1.06 bits per heavy atom. The summed E-state index contributed by atoms with van der Waals surface area (Å²) in [7, 11) is 0. The van der Waals surface area contributed by atoms with E-state index in [4.69, 9.17) is 0 Å². The van der Waals surface area contributed by atoms with Gasteiger partial charge in [0.2, 0.25) is 0 Å². The van der Waals surface area contributed by atoms with E-state index in [0.29, 0.717) is 12.1 Å². The second kappa shape index (κ2) is 5.15. The summed E-state index contributed by atoms with van der Waals surface area (Å²) in [5.41, 5.74) is 3.79. The van der Waals surface area contributed by atoms with E-state index in [1.807, 2.05) is 12.4 Å². The fourth-order valence-corrected chi connectivity index (χ4v) is 1.92. The first-order valence-electron chi connectivity index (χ1n) is 5.98. The number of aromatic amines is 1. The number of nitrogens with one attached hydrogen (secondary N) is 2. The van der Waals surface area contributed by atoms with Crippen LogP contribution in [-0.4, -0.2) is 10.2 Å². The molecule has 0 saturated carbocycles. The van der Waals surface area contributed by atoms with E-state index in [1.165, 1.54) is 16.7 Å². The van der Waals surface area contributed by atoms with Gasteiger partial charge in [0.25, 0.3) is 0 Å². The maximum atomic E-state index is 3.97. The summed E-state index contributed by atoms with van der Waals surface area (Å²) in [5, 5.41) is 10.4. The lowest BCUT2D eigenvalue weighted by Gasteiger charge is -2.19. The SMILES string of the molecule is Cc1ccc(C(C)NC(C)c2cn[nH]c2)cc1. The molecule has 17 heavy (non-hydrogen) atoms. The Kier molecular flexibility index (Phi) is 3.59. The molecule has 1 heterocycles. The zero-order valence-corrected chi connectivity index (χ0v) is 10.6. The van der Waals surface area contributed by atoms with Crippen LogP contribution in [0.5, 0.6) is 0 Å². The van der Waals surface area contributed by atoms with E-state index in [9.17, 15) is 0 Å². The Balaban J connectivity index is 2.01. The third kappa shape index (κ3) is 2.94. The fraction of sp³-hybridized carbons (Fsp3) is 0.357. The second-order valence-corrected chi connectivity index (χ2v) is 4.55. The molecule has 0 fully saturated rings. The van der Waals surface area contributed by atoms with E-state index >= 15 is 0 Å². The number of hydrogen-bond acceptors (Lipinski definition) is 2. The number of aromatic nitrogens is 2. The Morgan fingerprint density at radius 3 is 2.29 bits per heavy atom. The van der Waals surface area contributed by atoms with Crippen LogP contribution in [-0.2, 0) is 0 Å². The summed E-state index contributed by atoms with van der Waals surface area (Å²) in [5.74, 6) is 0. The van der Waals surface area contributed by atoms with Crippen LogP contribution in [0.1, 0.15) is 42.6 Å². The van der Waals surface area contributed by atoms with Crippen molar-refractivity contribution in [3.63, 3.8) is 0 Å². The van der Waals surface area contributed by atoms with Crippen molar-refractivity contribution in [1.29, 1.82) is 0 Å². The van der Waals surface area contributed by atoms with E-state index in [0.717, 1.165) is 0 Å². The molecule has 1 aromatic carbocycles. The van der Waals surface area contributed by atoms with Gasteiger partial charge in [0.1, 0.15) is 0 Å². The fourth-order valence-electron chi connectivity index (χ4n) is 1.92. The predicted molar refractivity (Wildman–Crippen MR) is 69.7 cm³/mol. The highest BCUT2D eigenvalue weighted by atomic mass is 15.1. The highest BCUT2D eigenvalue weighted by molar-refractivity contribution is 5.24. The quantitative estimate of drug-likeness (QED) is 0.845. The van der Waals surface area contributed by atoms with Gasteiger partial charge in [-0.05, 0) is 26.3 Å². The highest BCUT2D eigenvalue weighted by Gasteiger charge is 2.11. The lowest BCUT2D eigenvalue weighted by atomic mass is 10.0. The number of hydrogen-bond donors (Lipinski definition) is 2. The van der Waals surface area contributed by atoms with Gasteiger partial charge in [-0.1, -0.05) is 29.8 Å². The minimum Gasteiger partial charge on any atom is -0.304 e. The Bertz CT molecular complexity index is 445. The van der Waals surface area contributed by atoms with Crippen molar-refractivity contribution in [3.05, 3.63) is 53.3 Å².